The van der Waals surface area contributed by atoms with Gasteiger partial charge in [0.05, 0.1) is 0 Å². The van der Waals surface area contributed by atoms with E-state index in [4.69, 9.17) is 5.73 Å². The van der Waals surface area contributed by atoms with Gasteiger partial charge >= 0.3 is 0 Å². The highest BCUT2D eigenvalue weighted by Gasteiger charge is 2.22. The van der Waals surface area contributed by atoms with Gasteiger partial charge in [-0.15, -0.1) is 11.3 Å². The Balaban J connectivity index is 2.63. The molecule has 0 amide bonds. The first-order valence-electron chi connectivity index (χ1n) is 4.54. The molecule has 13 heavy (non-hydrogen) atoms. The van der Waals surface area contributed by atoms with Crippen molar-refractivity contribution in [1.82, 2.24) is 0 Å². The number of hydrogen-bond donors (Lipinski definition) is 1. The van der Waals surface area contributed by atoms with Gasteiger partial charge in [-0.05, 0) is 25.5 Å². The van der Waals surface area contributed by atoms with Crippen LogP contribution in [0.4, 0.5) is 4.39 Å². The lowest BCUT2D eigenvalue weighted by Gasteiger charge is -2.16. The second-order valence-electron chi connectivity index (χ2n) is 3.52. The number of alkyl halides is 1. The van der Waals surface area contributed by atoms with E-state index >= 15 is 0 Å². The Morgan fingerprint density at radius 3 is 2.54 bits per heavy atom. The van der Waals surface area contributed by atoms with Crippen molar-refractivity contribution in [2.75, 3.05) is 6.54 Å². The molecule has 0 bridgehead atoms. The Hall–Kier alpha value is -0.410. The molecule has 1 aromatic rings. The van der Waals surface area contributed by atoms with Crippen LogP contribution in [-0.4, -0.2) is 12.2 Å². The summed E-state index contributed by atoms with van der Waals surface area (Å²) in [5.41, 5.74) is 4.07. The second-order valence-corrected chi connectivity index (χ2v) is 4.77. The summed E-state index contributed by atoms with van der Waals surface area (Å²) in [7, 11) is 0. The maximum absolute atomic E-state index is 13.5. The quantitative estimate of drug-likeness (QED) is 0.796. The van der Waals surface area contributed by atoms with Crippen molar-refractivity contribution in [1.29, 1.82) is 0 Å². The van der Waals surface area contributed by atoms with Gasteiger partial charge in [-0.2, -0.15) is 0 Å². The molecule has 0 spiro atoms. The number of rotatable bonds is 4. The van der Waals surface area contributed by atoms with Crippen LogP contribution in [0.5, 0.6) is 0 Å². The zero-order valence-electron chi connectivity index (χ0n) is 8.14. The number of thiophene rings is 1. The molecular formula is C10H16FNS. The molecule has 0 aliphatic heterocycles. The highest BCUT2D eigenvalue weighted by molar-refractivity contribution is 7.12. The molecular weight excluding hydrogens is 185 g/mol. The van der Waals surface area contributed by atoms with Crippen molar-refractivity contribution < 1.29 is 4.39 Å². The maximum Gasteiger partial charge on any atom is 0.125 e. The molecule has 0 saturated heterocycles. The molecule has 0 aromatic carbocycles. The Morgan fingerprint density at radius 2 is 2.08 bits per heavy atom. The summed E-state index contributed by atoms with van der Waals surface area (Å²) in [6, 6.07) is 4.06. The molecule has 0 radical (unpaired) electrons. The van der Waals surface area contributed by atoms with E-state index in [1.54, 1.807) is 18.3 Å². The van der Waals surface area contributed by atoms with E-state index in [1.807, 2.05) is 6.07 Å². The second kappa shape index (κ2) is 4.20. The van der Waals surface area contributed by atoms with E-state index in [2.05, 4.69) is 13.0 Å². The fourth-order valence-electron chi connectivity index (χ4n) is 1.14. The molecule has 1 aromatic heterocycles. The van der Waals surface area contributed by atoms with Gasteiger partial charge in [0.2, 0.25) is 0 Å². The van der Waals surface area contributed by atoms with Gasteiger partial charge in [0, 0.05) is 22.7 Å². The maximum atomic E-state index is 13.5. The third-order valence-electron chi connectivity index (χ3n) is 2.03. The van der Waals surface area contributed by atoms with Crippen molar-refractivity contribution in [3.8, 4) is 0 Å². The fraction of sp³-hybridized carbons (Fsp3) is 0.600. The van der Waals surface area contributed by atoms with Crippen LogP contribution < -0.4 is 5.73 Å². The van der Waals surface area contributed by atoms with Crippen LogP contribution in [0, 0.1) is 0 Å². The number of nitrogens with two attached hydrogens (primary N) is 1. The first kappa shape index (κ1) is 10.7. The molecule has 74 valence electrons. The topological polar surface area (TPSA) is 26.0 Å². The van der Waals surface area contributed by atoms with Crippen LogP contribution in [0.25, 0.3) is 0 Å². The van der Waals surface area contributed by atoms with Gasteiger partial charge in [-0.1, -0.05) is 6.92 Å². The average molecular weight is 201 g/mol. The molecule has 0 fully saturated rings. The highest BCUT2D eigenvalue weighted by Crippen LogP contribution is 2.23. The lowest BCUT2D eigenvalue weighted by atomic mass is 10.0. The Labute approximate surface area is 82.8 Å². The standard InChI is InChI=1S/C10H16FNS/c1-3-8-4-5-9(13-8)6-10(2,11)7-12/h4-5H,3,6-7,12H2,1-2H3. The van der Waals surface area contributed by atoms with Crippen LogP contribution in [0.3, 0.4) is 0 Å². The summed E-state index contributed by atoms with van der Waals surface area (Å²) >= 11 is 1.68. The van der Waals surface area contributed by atoms with Gasteiger partial charge < -0.3 is 5.73 Å². The van der Waals surface area contributed by atoms with Crippen molar-refractivity contribution in [3.63, 3.8) is 0 Å². The monoisotopic (exact) mass is 201 g/mol. The normalized spacial score (nSPS) is 15.7. The van der Waals surface area contributed by atoms with E-state index < -0.39 is 5.67 Å². The molecule has 1 nitrogen and oxygen atoms in total. The minimum absolute atomic E-state index is 0.0896. The third-order valence-corrected chi connectivity index (χ3v) is 3.26. The largest absolute Gasteiger partial charge is 0.328 e. The fourth-order valence-corrected chi connectivity index (χ4v) is 2.27. The number of hydrogen-bond acceptors (Lipinski definition) is 2. The van der Waals surface area contributed by atoms with Gasteiger partial charge in [0.25, 0.3) is 0 Å². The zero-order chi connectivity index (χ0) is 9.90. The van der Waals surface area contributed by atoms with Crippen molar-refractivity contribution in [2.45, 2.75) is 32.4 Å². The minimum Gasteiger partial charge on any atom is -0.328 e. The van der Waals surface area contributed by atoms with Crippen LogP contribution >= 0.6 is 11.3 Å². The summed E-state index contributed by atoms with van der Waals surface area (Å²) in [5.74, 6) is 0. The first-order chi connectivity index (χ1) is 6.07. The van der Waals surface area contributed by atoms with Crippen LogP contribution in [0.2, 0.25) is 0 Å². The SMILES string of the molecule is CCc1ccc(CC(C)(F)CN)s1. The predicted molar refractivity (Wildman–Crippen MR) is 56.0 cm³/mol. The third kappa shape index (κ3) is 3.08. The smallest absolute Gasteiger partial charge is 0.125 e. The molecule has 3 heteroatoms. The zero-order valence-corrected chi connectivity index (χ0v) is 8.96. The lowest BCUT2D eigenvalue weighted by molar-refractivity contribution is 0.201. The first-order valence-corrected chi connectivity index (χ1v) is 5.35. The summed E-state index contributed by atoms with van der Waals surface area (Å²) in [5, 5.41) is 0. The molecule has 1 rings (SSSR count). The van der Waals surface area contributed by atoms with Gasteiger partial charge in [-0.25, -0.2) is 4.39 Å². The van der Waals surface area contributed by atoms with Crippen molar-refractivity contribution in [3.05, 3.63) is 21.9 Å². The van der Waals surface area contributed by atoms with Gasteiger partial charge in [0.1, 0.15) is 5.67 Å². The van der Waals surface area contributed by atoms with E-state index in [9.17, 15) is 4.39 Å². The molecule has 2 N–H and O–H groups in total. The van der Waals surface area contributed by atoms with Crippen molar-refractivity contribution in [2.24, 2.45) is 5.73 Å². The lowest BCUT2D eigenvalue weighted by Crippen LogP contribution is -2.31. The van der Waals surface area contributed by atoms with E-state index in [0.717, 1.165) is 11.3 Å². The molecule has 0 aliphatic carbocycles. The van der Waals surface area contributed by atoms with Gasteiger partial charge in [-0.3, -0.25) is 0 Å². The van der Waals surface area contributed by atoms with Crippen LogP contribution in [-0.2, 0) is 12.8 Å². The van der Waals surface area contributed by atoms with E-state index in [0.29, 0.717) is 6.42 Å². The number of aryl methyl sites for hydroxylation is 1. The van der Waals surface area contributed by atoms with Crippen LogP contribution in [0.15, 0.2) is 12.1 Å². The molecule has 0 aliphatic rings. The van der Waals surface area contributed by atoms with Crippen molar-refractivity contribution >= 4 is 11.3 Å². The summed E-state index contributed by atoms with van der Waals surface area (Å²) < 4.78 is 13.5. The molecule has 1 atom stereocenters. The summed E-state index contributed by atoms with van der Waals surface area (Å²) in [4.78, 5) is 2.40. The molecule has 1 unspecified atom stereocenters. The van der Waals surface area contributed by atoms with Gasteiger partial charge in [0.15, 0.2) is 0 Å². The molecule has 1 heterocycles. The van der Waals surface area contributed by atoms with E-state index in [-0.39, 0.29) is 6.54 Å². The summed E-state index contributed by atoms with van der Waals surface area (Å²) in [6.07, 6.45) is 1.46. The average Bonchev–Trinajstić information content (AvgIpc) is 2.52. The predicted octanol–water partition coefficient (Wildman–Crippen LogP) is 2.54. The molecule has 0 saturated carbocycles. The Morgan fingerprint density at radius 1 is 1.46 bits per heavy atom. The Bertz CT molecular complexity index is 268. The van der Waals surface area contributed by atoms with Crippen LogP contribution in [0.1, 0.15) is 23.6 Å². The number of halogens is 1. The minimum atomic E-state index is -1.25. The summed E-state index contributed by atoms with van der Waals surface area (Å²) in [6.45, 7) is 3.75. The Kier molecular flexibility index (Phi) is 3.45. The highest BCUT2D eigenvalue weighted by atomic mass is 32.1. The van der Waals surface area contributed by atoms with E-state index in [1.165, 1.54) is 4.88 Å².